The van der Waals surface area contributed by atoms with Crippen molar-refractivity contribution in [1.29, 1.82) is 0 Å². The van der Waals surface area contributed by atoms with Crippen molar-refractivity contribution in [1.82, 2.24) is 0 Å². The van der Waals surface area contributed by atoms with Gasteiger partial charge in [-0.25, -0.2) is 4.57 Å². The highest BCUT2D eigenvalue weighted by molar-refractivity contribution is 7.46. The summed E-state index contributed by atoms with van der Waals surface area (Å²) in [6, 6.07) is 0. The number of aliphatic hydroxyl groups is 1. The van der Waals surface area contributed by atoms with Gasteiger partial charge in [0.05, 0.1) is 12.7 Å². The molecule has 51 heavy (non-hydrogen) atoms. The molecule has 0 radical (unpaired) electrons. The van der Waals surface area contributed by atoms with Crippen LogP contribution in [0.25, 0.3) is 0 Å². The number of esters is 2. The summed E-state index contributed by atoms with van der Waals surface area (Å²) >= 11 is 0. The van der Waals surface area contributed by atoms with Crippen molar-refractivity contribution < 1.29 is 43.0 Å². The van der Waals surface area contributed by atoms with Gasteiger partial charge in [-0.3, -0.25) is 14.1 Å². The molecule has 288 valence electrons. The molecule has 10 heteroatoms. The Morgan fingerprint density at radius 3 is 1.80 bits per heavy atom. The van der Waals surface area contributed by atoms with E-state index in [0.29, 0.717) is 25.7 Å². The number of hydrogen-bond donors (Lipinski definition) is 3. The van der Waals surface area contributed by atoms with Gasteiger partial charge in [-0.05, 0) is 83.5 Å². The van der Waals surface area contributed by atoms with Crippen LogP contribution in [0.2, 0.25) is 0 Å². The Balaban J connectivity index is 4.24. The van der Waals surface area contributed by atoms with Crippen molar-refractivity contribution in [3.8, 4) is 0 Å². The van der Waals surface area contributed by atoms with Crippen molar-refractivity contribution in [3.63, 3.8) is 0 Å². The number of carbonyl (C=O) groups excluding carboxylic acids is 2. The number of carbonyl (C=O) groups is 2. The molecule has 0 saturated heterocycles. The lowest BCUT2D eigenvalue weighted by Crippen LogP contribution is -2.29. The average Bonchev–Trinajstić information content (AvgIpc) is 3.09. The number of phosphoric ester groups is 1. The minimum atomic E-state index is -4.80. The lowest BCUT2D eigenvalue weighted by Gasteiger charge is -2.18. The van der Waals surface area contributed by atoms with E-state index in [1.54, 1.807) is 6.08 Å². The number of aliphatic hydroxyl groups excluding tert-OH is 1. The highest BCUT2D eigenvalue weighted by Gasteiger charge is 2.22. The first-order valence-corrected chi connectivity index (χ1v) is 20.2. The largest absolute Gasteiger partial charge is 0.469 e. The van der Waals surface area contributed by atoms with Gasteiger partial charge in [-0.1, -0.05) is 124 Å². The first-order valence-electron chi connectivity index (χ1n) is 18.6. The summed E-state index contributed by atoms with van der Waals surface area (Å²) in [5.41, 5.74) is 0. The summed E-state index contributed by atoms with van der Waals surface area (Å²) in [4.78, 5) is 42.7. The van der Waals surface area contributed by atoms with Gasteiger partial charge in [0.1, 0.15) is 6.61 Å². The van der Waals surface area contributed by atoms with Crippen molar-refractivity contribution in [2.24, 2.45) is 0 Å². The molecule has 0 amide bonds. The molecule has 0 rings (SSSR count). The SMILES string of the molecule is CC/C=C\C/C=C\C/C=C\C/C=C\CCCCC(=O)O[C@H](COC(=O)CCC/C=C/C/C=C\C[C@H](O)/C=C\C=C/CCCCC)COP(=O)(O)O. The molecule has 0 aromatic rings. The third-order valence-corrected chi connectivity index (χ3v) is 7.65. The van der Waals surface area contributed by atoms with Gasteiger partial charge in [-0.2, -0.15) is 0 Å². The Labute approximate surface area is 307 Å². The van der Waals surface area contributed by atoms with Gasteiger partial charge >= 0.3 is 19.8 Å². The molecule has 0 saturated carbocycles. The van der Waals surface area contributed by atoms with E-state index in [-0.39, 0.29) is 19.4 Å². The van der Waals surface area contributed by atoms with Crippen LogP contribution in [0.15, 0.2) is 97.2 Å². The lowest BCUT2D eigenvalue weighted by molar-refractivity contribution is -0.161. The number of unbranched alkanes of at least 4 members (excludes halogenated alkanes) is 6. The quantitative estimate of drug-likeness (QED) is 0.0203. The molecule has 3 N–H and O–H groups in total. The summed E-state index contributed by atoms with van der Waals surface area (Å²) in [5.74, 6) is -1.05. The van der Waals surface area contributed by atoms with E-state index in [1.807, 2.05) is 36.5 Å². The van der Waals surface area contributed by atoms with Gasteiger partial charge in [-0.15, -0.1) is 0 Å². The van der Waals surface area contributed by atoms with E-state index in [2.05, 4.69) is 73.1 Å². The molecule has 0 aliphatic rings. The topological polar surface area (TPSA) is 140 Å². The van der Waals surface area contributed by atoms with Gasteiger partial charge in [0.15, 0.2) is 6.10 Å². The second-order valence-electron chi connectivity index (χ2n) is 12.0. The maximum Gasteiger partial charge on any atom is 0.469 e. The first-order chi connectivity index (χ1) is 24.7. The monoisotopic (exact) mass is 732 g/mol. The van der Waals surface area contributed by atoms with Crippen LogP contribution in [0.5, 0.6) is 0 Å². The summed E-state index contributed by atoms with van der Waals surface area (Å²) in [6.07, 6.45) is 44.5. The van der Waals surface area contributed by atoms with E-state index in [4.69, 9.17) is 19.3 Å². The number of rotatable bonds is 32. The maximum absolute atomic E-state index is 12.3. The van der Waals surface area contributed by atoms with Crippen molar-refractivity contribution in [2.45, 2.75) is 135 Å². The third-order valence-electron chi connectivity index (χ3n) is 7.17. The minimum absolute atomic E-state index is 0.129. The molecule has 0 unspecified atom stereocenters. The fourth-order valence-electron chi connectivity index (χ4n) is 4.38. The van der Waals surface area contributed by atoms with Gasteiger partial charge in [0.25, 0.3) is 0 Å². The number of ether oxygens (including phenoxy) is 2. The zero-order chi connectivity index (χ0) is 37.7. The Morgan fingerprint density at radius 1 is 0.627 bits per heavy atom. The van der Waals surface area contributed by atoms with Crippen LogP contribution < -0.4 is 0 Å². The Hall–Kier alpha value is -3.07. The molecule has 9 nitrogen and oxygen atoms in total. The molecule has 0 heterocycles. The van der Waals surface area contributed by atoms with Crippen LogP contribution in [-0.4, -0.2) is 52.3 Å². The second kappa shape index (κ2) is 35.3. The third kappa shape index (κ3) is 38.0. The molecule has 0 aromatic carbocycles. The van der Waals surface area contributed by atoms with Crippen molar-refractivity contribution >= 4 is 19.8 Å². The van der Waals surface area contributed by atoms with Crippen LogP contribution in [0.3, 0.4) is 0 Å². The Kier molecular flexibility index (Phi) is 33.2. The molecule has 0 aromatic heterocycles. The number of phosphoric acid groups is 1. The highest BCUT2D eigenvalue weighted by Crippen LogP contribution is 2.35. The maximum atomic E-state index is 12.3. The van der Waals surface area contributed by atoms with Gasteiger partial charge < -0.3 is 24.4 Å². The van der Waals surface area contributed by atoms with Crippen molar-refractivity contribution in [3.05, 3.63) is 97.2 Å². The van der Waals surface area contributed by atoms with Gasteiger partial charge in [0.2, 0.25) is 0 Å². The first kappa shape index (κ1) is 47.9. The van der Waals surface area contributed by atoms with E-state index in [9.17, 15) is 19.3 Å². The average molecular weight is 733 g/mol. The molecule has 0 spiro atoms. The van der Waals surface area contributed by atoms with Crippen LogP contribution in [0.4, 0.5) is 0 Å². The molecule has 0 fully saturated rings. The van der Waals surface area contributed by atoms with E-state index in [0.717, 1.165) is 51.4 Å². The fourth-order valence-corrected chi connectivity index (χ4v) is 4.74. The Bertz CT molecular complexity index is 1160. The van der Waals surface area contributed by atoms with Crippen LogP contribution in [0.1, 0.15) is 123 Å². The molecule has 0 aliphatic carbocycles. The fraction of sp³-hybridized carbons (Fsp3) is 0.561. The number of allylic oxidation sites excluding steroid dienone is 14. The van der Waals surface area contributed by atoms with E-state index in [1.165, 1.54) is 19.3 Å². The lowest BCUT2D eigenvalue weighted by atomic mass is 10.2. The van der Waals surface area contributed by atoms with E-state index >= 15 is 0 Å². The van der Waals surface area contributed by atoms with Crippen molar-refractivity contribution in [2.75, 3.05) is 13.2 Å². The smallest absolute Gasteiger partial charge is 0.462 e. The van der Waals surface area contributed by atoms with Gasteiger partial charge in [0, 0.05) is 12.8 Å². The molecular formula is C41H65O9P. The standard InChI is InChI=1S/C41H65O9P/c1-3-5-7-9-11-12-13-14-15-16-17-18-22-27-31-35-41(44)50-39(37-49-51(45,46)47)36-48-40(43)34-30-26-23-19-21-25-29-33-38(42)32-28-24-20-10-8-6-4-2/h5,7,11-12,14-15,17-20,23-25,28-29,32,38-39,42H,3-4,6,8-10,13,16,21-22,26-27,30-31,33-37H2,1-2H3,(H2,45,46,47)/b7-5-,12-11-,15-14-,18-17-,23-19+,24-20-,29-25-,32-28-/t38-,39-/m1/s1. The summed E-state index contributed by atoms with van der Waals surface area (Å²) in [7, 11) is -4.80. The van der Waals surface area contributed by atoms with Crippen LogP contribution in [-0.2, 0) is 28.2 Å². The highest BCUT2D eigenvalue weighted by atomic mass is 31.2. The zero-order valence-electron chi connectivity index (χ0n) is 31.1. The summed E-state index contributed by atoms with van der Waals surface area (Å²) in [5, 5.41) is 10.0. The van der Waals surface area contributed by atoms with E-state index < -0.39 is 38.6 Å². The Morgan fingerprint density at radius 2 is 1.18 bits per heavy atom. The zero-order valence-corrected chi connectivity index (χ0v) is 32.0. The minimum Gasteiger partial charge on any atom is -0.462 e. The normalized spacial score (nSPS) is 14.2. The molecular weight excluding hydrogens is 667 g/mol. The summed E-state index contributed by atoms with van der Waals surface area (Å²) in [6.45, 7) is 3.35. The number of hydrogen-bond acceptors (Lipinski definition) is 7. The summed E-state index contributed by atoms with van der Waals surface area (Å²) < 4.78 is 26.2. The molecule has 0 aliphatic heterocycles. The predicted molar refractivity (Wildman–Crippen MR) is 208 cm³/mol. The second-order valence-corrected chi connectivity index (χ2v) is 13.2. The molecule has 2 atom stereocenters. The molecule has 0 bridgehead atoms. The predicted octanol–water partition coefficient (Wildman–Crippen LogP) is 10.0. The van der Waals surface area contributed by atoms with Crippen LogP contribution >= 0.6 is 7.82 Å². The van der Waals surface area contributed by atoms with Crippen LogP contribution in [0, 0.1) is 0 Å².